The van der Waals surface area contributed by atoms with Crippen molar-refractivity contribution in [3.05, 3.63) is 27.7 Å². The summed E-state index contributed by atoms with van der Waals surface area (Å²) in [6, 6.07) is 2.41. The van der Waals surface area contributed by atoms with Gasteiger partial charge in [-0.05, 0) is 12.1 Å². The molecule has 0 fully saturated rings. The monoisotopic (exact) mass is 307 g/mol. The van der Waals surface area contributed by atoms with Gasteiger partial charge in [0, 0.05) is 12.7 Å². The molecule has 0 saturated carbocycles. The molecule has 106 valence electrons. The molecule has 0 aliphatic carbocycles. The second-order valence-electron chi connectivity index (χ2n) is 3.78. The lowest BCUT2D eigenvalue weighted by Gasteiger charge is -2.16. The van der Waals surface area contributed by atoms with Gasteiger partial charge in [0.25, 0.3) is 5.91 Å². The number of carbonyl (C=O) groups is 1. The number of rotatable bonds is 6. The largest absolute Gasteiger partial charge is 0.494 e. The molecule has 0 aromatic heterocycles. The summed E-state index contributed by atoms with van der Waals surface area (Å²) in [5.41, 5.74) is 0.283. The molecule has 0 radical (unpaired) electrons. The Morgan fingerprint density at radius 1 is 1.37 bits per heavy atom. The lowest BCUT2D eigenvalue weighted by Crippen LogP contribution is -2.40. The van der Waals surface area contributed by atoms with Crippen molar-refractivity contribution in [2.75, 3.05) is 27.4 Å². The van der Waals surface area contributed by atoms with Crippen molar-refractivity contribution in [1.29, 1.82) is 0 Å². The van der Waals surface area contributed by atoms with E-state index in [1.807, 2.05) is 0 Å². The van der Waals surface area contributed by atoms with Crippen LogP contribution in [0.3, 0.4) is 0 Å². The van der Waals surface area contributed by atoms with Gasteiger partial charge >= 0.3 is 0 Å². The fourth-order valence-corrected chi connectivity index (χ4v) is 2.14. The first-order valence-corrected chi connectivity index (χ1v) is 6.22. The van der Waals surface area contributed by atoms with Crippen molar-refractivity contribution in [1.82, 2.24) is 5.32 Å². The van der Waals surface area contributed by atoms with Crippen LogP contribution in [0.2, 0.25) is 10.0 Å². The molecule has 0 saturated heterocycles. The lowest BCUT2D eigenvalue weighted by molar-refractivity contribution is 0.0839. The van der Waals surface area contributed by atoms with Crippen LogP contribution in [0.4, 0.5) is 0 Å². The highest BCUT2D eigenvalue weighted by Gasteiger charge is 2.16. The van der Waals surface area contributed by atoms with Crippen LogP contribution in [0.5, 0.6) is 5.75 Å². The Morgan fingerprint density at radius 3 is 2.37 bits per heavy atom. The van der Waals surface area contributed by atoms with E-state index in [-0.39, 0.29) is 28.8 Å². The second kappa shape index (κ2) is 7.55. The Morgan fingerprint density at radius 2 is 1.95 bits per heavy atom. The first-order valence-electron chi connectivity index (χ1n) is 5.47. The fourth-order valence-electron chi connectivity index (χ4n) is 1.50. The molecule has 7 heteroatoms. The minimum Gasteiger partial charge on any atom is -0.494 e. The summed E-state index contributed by atoms with van der Waals surface area (Å²) in [5.74, 6) is -0.0852. The van der Waals surface area contributed by atoms with Crippen molar-refractivity contribution >= 4 is 29.1 Å². The van der Waals surface area contributed by atoms with Gasteiger partial charge < -0.3 is 19.9 Å². The maximum absolute atomic E-state index is 12.0. The minimum absolute atomic E-state index is 0.208. The van der Waals surface area contributed by atoms with Crippen LogP contribution in [0.1, 0.15) is 10.4 Å². The molecular weight excluding hydrogens is 293 g/mol. The molecule has 0 aliphatic rings. The third-order valence-corrected chi connectivity index (χ3v) is 2.95. The summed E-state index contributed by atoms with van der Waals surface area (Å²) >= 11 is 11.9. The summed E-state index contributed by atoms with van der Waals surface area (Å²) in [6.45, 7) is -0.0168. The first kappa shape index (κ1) is 16.0. The molecule has 0 bridgehead atoms. The highest BCUT2D eigenvalue weighted by molar-refractivity contribution is 6.37. The van der Waals surface area contributed by atoms with Crippen LogP contribution in [-0.2, 0) is 4.74 Å². The highest BCUT2D eigenvalue weighted by atomic mass is 35.5. The maximum Gasteiger partial charge on any atom is 0.251 e. The predicted molar refractivity (Wildman–Crippen MR) is 73.2 cm³/mol. The van der Waals surface area contributed by atoms with Crippen LogP contribution < -0.4 is 10.1 Å². The molecule has 19 heavy (non-hydrogen) atoms. The first-order chi connectivity index (χ1) is 9.03. The summed E-state index contributed by atoms with van der Waals surface area (Å²) in [5, 5.41) is 12.2. The Labute approximate surface area is 121 Å². The molecule has 1 atom stereocenters. The Hall–Kier alpha value is -1.01. The van der Waals surface area contributed by atoms with Gasteiger partial charge in [-0.25, -0.2) is 0 Å². The van der Waals surface area contributed by atoms with E-state index >= 15 is 0 Å². The standard InChI is InChI=1S/C12H15Cl2NO4/c1-18-6-8(5-16)15-12(17)7-3-9(13)11(19-2)10(14)4-7/h3-4,8,16H,5-6H2,1-2H3,(H,15,17). The van der Waals surface area contributed by atoms with Crippen LogP contribution in [0.15, 0.2) is 12.1 Å². The van der Waals surface area contributed by atoms with Gasteiger partial charge in [-0.1, -0.05) is 23.2 Å². The zero-order chi connectivity index (χ0) is 14.4. The van der Waals surface area contributed by atoms with Gasteiger partial charge in [0.1, 0.15) is 0 Å². The molecule has 1 aromatic carbocycles. The summed E-state index contributed by atoms with van der Waals surface area (Å²) in [6.07, 6.45) is 0. The van der Waals surface area contributed by atoms with Crippen molar-refractivity contribution in [3.63, 3.8) is 0 Å². The number of benzene rings is 1. The van der Waals surface area contributed by atoms with Crippen LogP contribution in [0.25, 0.3) is 0 Å². The minimum atomic E-state index is -0.489. The van der Waals surface area contributed by atoms with E-state index in [2.05, 4.69) is 5.32 Å². The molecule has 1 amide bonds. The van der Waals surface area contributed by atoms with E-state index < -0.39 is 11.9 Å². The molecule has 2 N–H and O–H groups in total. The smallest absolute Gasteiger partial charge is 0.251 e. The van der Waals surface area contributed by atoms with Crippen molar-refractivity contribution < 1.29 is 19.4 Å². The number of hydrogen-bond acceptors (Lipinski definition) is 4. The number of halogens is 2. The van der Waals surface area contributed by atoms with Gasteiger partial charge in [0.15, 0.2) is 5.75 Å². The number of ether oxygens (including phenoxy) is 2. The van der Waals surface area contributed by atoms with E-state index in [4.69, 9.17) is 37.8 Å². The number of nitrogens with one attached hydrogen (secondary N) is 1. The van der Waals surface area contributed by atoms with E-state index in [0.717, 1.165) is 0 Å². The molecule has 1 aromatic rings. The van der Waals surface area contributed by atoms with Gasteiger partial charge in [-0.15, -0.1) is 0 Å². The number of hydrogen-bond donors (Lipinski definition) is 2. The van der Waals surface area contributed by atoms with Gasteiger partial charge in [0.05, 0.1) is 36.4 Å². The van der Waals surface area contributed by atoms with Crippen molar-refractivity contribution in [3.8, 4) is 5.75 Å². The van der Waals surface area contributed by atoms with Crippen molar-refractivity contribution in [2.45, 2.75) is 6.04 Å². The third-order valence-electron chi connectivity index (χ3n) is 2.39. The van der Waals surface area contributed by atoms with Crippen LogP contribution in [0, 0.1) is 0 Å². The van der Waals surface area contributed by atoms with E-state index in [9.17, 15) is 4.79 Å². The second-order valence-corrected chi connectivity index (χ2v) is 4.60. The van der Waals surface area contributed by atoms with Crippen LogP contribution >= 0.6 is 23.2 Å². The van der Waals surface area contributed by atoms with Gasteiger partial charge in [0.2, 0.25) is 0 Å². The SMILES string of the molecule is COCC(CO)NC(=O)c1cc(Cl)c(OC)c(Cl)c1. The molecule has 0 heterocycles. The number of methoxy groups -OCH3 is 2. The average Bonchev–Trinajstić information content (AvgIpc) is 2.37. The number of carbonyl (C=O) groups excluding carboxylic acids is 1. The molecule has 1 unspecified atom stereocenters. The summed E-state index contributed by atoms with van der Waals surface area (Å²) in [7, 11) is 2.92. The maximum atomic E-state index is 12.0. The number of amides is 1. The Kier molecular flexibility index (Phi) is 6.37. The molecule has 5 nitrogen and oxygen atoms in total. The molecule has 0 aliphatic heterocycles. The topological polar surface area (TPSA) is 67.8 Å². The normalized spacial score (nSPS) is 12.1. The van der Waals surface area contributed by atoms with Gasteiger partial charge in [-0.2, -0.15) is 0 Å². The zero-order valence-electron chi connectivity index (χ0n) is 10.6. The quantitative estimate of drug-likeness (QED) is 0.840. The van der Waals surface area contributed by atoms with E-state index in [0.29, 0.717) is 5.75 Å². The molecular formula is C12H15Cl2NO4. The van der Waals surface area contributed by atoms with Crippen molar-refractivity contribution in [2.24, 2.45) is 0 Å². The number of aliphatic hydroxyl groups is 1. The lowest BCUT2D eigenvalue weighted by atomic mass is 10.2. The summed E-state index contributed by atoms with van der Waals surface area (Å²) < 4.78 is 9.86. The molecule has 1 rings (SSSR count). The van der Waals surface area contributed by atoms with Gasteiger partial charge in [-0.3, -0.25) is 4.79 Å². The Bertz CT molecular complexity index is 430. The average molecular weight is 308 g/mol. The molecule has 0 spiro atoms. The summed E-state index contributed by atoms with van der Waals surface area (Å²) in [4.78, 5) is 12.0. The zero-order valence-corrected chi connectivity index (χ0v) is 12.1. The number of aliphatic hydroxyl groups excluding tert-OH is 1. The third kappa shape index (κ3) is 4.24. The Balaban J connectivity index is 2.88. The fraction of sp³-hybridized carbons (Fsp3) is 0.417. The highest BCUT2D eigenvalue weighted by Crippen LogP contribution is 2.33. The van der Waals surface area contributed by atoms with Crippen LogP contribution in [-0.4, -0.2) is 44.5 Å². The predicted octanol–water partition coefficient (Wildman–Crippen LogP) is 1.74. The van der Waals surface area contributed by atoms with E-state index in [1.54, 1.807) is 0 Å². The van der Waals surface area contributed by atoms with E-state index in [1.165, 1.54) is 26.4 Å².